The maximum atomic E-state index is 13.6. The van der Waals surface area contributed by atoms with Crippen LogP contribution in [0.3, 0.4) is 0 Å². The Balaban J connectivity index is 1.55. The largest absolute Gasteiger partial charge is 0.497 e. The third-order valence-electron chi connectivity index (χ3n) is 7.60. The highest BCUT2D eigenvalue weighted by molar-refractivity contribution is 5.81. The van der Waals surface area contributed by atoms with E-state index in [1.807, 2.05) is 28.9 Å². The molecule has 8 nitrogen and oxygen atoms in total. The van der Waals surface area contributed by atoms with Crippen molar-refractivity contribution in [2.45, 2.75) is 63.6 Å². The summed E-state index contributed by atoms with van der Waals surface area (Å²) < 4.78 is 7.35. The first-order valence-electron chi connectivity index (χ1n) is 12.5. The van der Waals surface area contributed by atoms with Crippen LogP contribution in [0, 0.1) is 0 Å². The molecule has 2 aromatic carbocycles. The lowest BCUT2D eigenvalue weighted by Gasteiger charge is -2.34. The molecule has 0 radical (unpaired) electrons. The van der Waals surface area contributed by atoms with Gasteiger partial charge in [0.1, 0.15) is 11.8 Å². The average Bonchev–Trinajstić information content (AvgIpc) is 3.49. The Morgan fingerprint density at radius 1 is 1.09 bits per heavy atom. The Morgan fingerprint density at radius 3 is 2.74 bits per heavy atom. The molecule has 35 heavy (non-hydrogen) atoms. The van der Waals surface area contributed by atoms with Crippen LogP contribution in [0.5, 0.6) is 5.75 Å². The first kappa shape index (κ1) is 21.8. The zero-order valence-electron chi connectivity index (χ0n) is 20.1. The number of ether oxygens (including phenoxy) is 1. The number of aromatic amines is 1. The van der Waals surface area contributed by atoms with E-state index in [1.54, 1.807) is 7.11 Å². The number of fused-ring (bicyclic) bond motifs is 2. The fourth-order valence-corrected chi connectivity index (χ4v) is 5.89. The van der Waals surface area contributed by atoms with Crippen LogP contribution in [-0.4, -0.2) is 38.3 Å². The van der Waals surface area contributed by atoms with Crippen LogP contribution >= 0.6 is 0 Å². The molecule has 0 bridgehead atoms. The number of nitrogens with one attached hydrogen (secondary N) is 1. The molecule has 4 aromatic rings. The van der Waals surface area contributed by atoms with Crippen LogP contribution in [0.25, 0.3) is 10.9 Å². The number of anilines is 1. The van der Waals surface area contributed by atoms with Crippen molar-refractivity contribution in [3.8, 4) is 5.75 Å². The summed E-state index contributed by atoms with van der Waals surface area (Å²) in [5.41, 5.74) is 3.68. The van der Waals surface area contributed by atoms with Crippen molar-refractivity contribution in [2.75, 3.05) is 12.0 Å². The molecular weight excluding hydrogens is 440 g/mol. The van der Waals surface area contributed by atoms with Gasteiger partial charge >= 0.3 is 0 Å². The first-order valence-corrected chi connectivity index (χ1v) is 12.5. The second-order valence-electron chi connectivity index (χ2n) is 9.77. The first-order chi connectivity index (χ1) is 17.1. The zero-order chi connectivity index (χ0) is 23.9. The topological polar surface area (TPSA) is 88.9 Å². The molecule has 1 N–H and O–H groups in total. The third kappa shape index (κ3) is 3.77. The monoisotopic (exact) mass is 470 g/mol. The van der Waals surface area contributed by atoms with E-state index in [1.165, 1.54) is 24.8 Å². The van der Waals surface area contributed by atoms with E-state index in [-0.39, 0.29) is 17.6 Å². The maximum Gasteiger partial charge on any atom is 0.254 e. The lowest BCUT2D eigenvalue weighted by Crippen LogP contribution is -2.39. The maximum absolute atomic E-state index is 13.6. The number of aromatic nitrogens is 5. The van der Waals surface area contributed by atoms with Crippen molar-refractivity contribution in [1.82, 2.24) is 25.2 Å². The quantitative estimate of drug-likeness (QED) is 0.460. The highest BCUT2D eigenvalue weighted by Crippen LogP contribution is 2.41. The minimum Gasteiger partial charge on any atom is -0.497 e. The van der Waals surface area contributed by atoms with Crippen LogP contribution in [0.4, 0.5) is 5.69 Å². The second-order valence-corrected chi connectivity index (χ2v) is 9.77. The molecule has 0 amide bonds. The summed E-state index contributed by atoms with van der Waals surface area (Å²) >= 11 is 0. The molecule has 0 spiro atoms. The molecule has 180 valence electrons. The summed E-state index contributed by atoms with van der Waals surface area (Å²) in [7, 11) is 1.63. The predicted octanol–water partition coefficient (Wildman–Crippen LogP) is 4.57. The Hall–Kier alpha value is -3.68. The molecule has 8 heteroatoms. The Kier molecular flexibility index (Phi) is 5.51. The zero-order valence-corrected chi connectivity index (χ0v) is 20.1. The normalized spacial score (nSPS) is 19.1. The number of tetrazole rings is 1. The molecule has 6 rings (SSSR count). The molecule has 3 heterocycles. The summed E-state index contributed by atoms with van der Waals surface area (Å²) in [4.78, 5) is 19.1. The molecular formula is C27H30N6O2. The smallest absolute Gasteiger partial charge is 0.254 e. The van der Waals surface area contributed by atoms with Gasteiger partial charge in [0.15, 0.2) is 5.82 Å². The molecule has 2 atom stereocenters. The van der Waals surface area contributed by atoms with E-state index in [0.29, 0.717) is 11.3 Å². The Bertz CT molecular complexity index is 1420. The molecule has 1 aliphatic carbocycles. The van der Waals surface area contributed by atoms with E-state index in [9.17, 15) is 4.79 Å². The second kappa shape index (κ2) is 8.83. The number of pyridine rings is 1. The van der Waals surface area contributed by atoms with Crippen LogP contribution < -0.4 is 15.2 Å². The van der Waals surface area contributed by atoms with Crippen LogP contribution in [0.1, 0.15) is 68.1 Å². The van der Waals surface area contributed by atoms with Gasteiger partial charge in [0.25, 0.3) is 5.56 Å². The summed E-state index contributed by atoms with van der Waals surface area (Å²) in [5, 5.41) is 14.1. The molecule has 0 unspecified atom stereocenters. The fourth-order valence-electron chi connectivity index (χ4n) is 5.89. The fraction of sp³-hybridized carbons (Fsp3) is 0.407. The molecule has 0 saturated heterocycles. The predicted molar refractivity (Wildman–Crippen MR) is 135 cm³/mol. The highest BCUT2D eigenvalue weighted by Gasteiger charge is 2.38. The van der Waals surface area contributed by atoms with Gasteiger partial charge < -0.3 is 14.6 Å². The lowest BCUT2D eigenvalue weighted by atomic mass is 9.95. The standard InChI is InChI=1S/C27H30N6O2/c1-17-14-19-8-6-7-11-24(19)32(17)25(26-29-30-31-33(26)20-9-4-3-5-10-20)22-15-18-12-13-21(35-2)16-23(18)28-27(22)34/h6-8,11-13,15-17,20,25H,3-5,9-10,14H2,1-2H3,(H,28,34)/t17-,25-/m1/s1. The molecule has 1 aliphatic heterocycles. The third-order valence-corrected chi connectivity index (χ3v) is 7.60. The van der Waals surface area contributed by atoms with Gasteiger partial charge in [-0.2, -0.15) is 0 Å². The van der Waals surface area contributed by atoms with Crippen molar-refractivity contribution in [2.24, 2.45) is 0 Å². The minimum atomic E-state index is -0.402. The number of methoxy groups -OCH3 is 1. The van der Waals surface area contributed by atoms with E-state index >= 15 is 0 Å². The number of hydrogen-bond donors (Lipinski definition) is 1. The molecule has 1 fully saturated rings. The number of nitrogens with zero attached hydrogens (tertiary/aromatic N) is 5. The SMILES string of the molecule is COc1ccc2cc([C@H](c3nnnn3C3CCCCC3)N3c4ccccc4C[C@H]3C)c(=O)[nH]c2c1. The Labute approximate surface area is 203 Å². The van der Waals surface area contributed by atoms with E-state index < -0.39 is 6.04 Å². The van der Waals surface area contributed by atoms with Crippen LogP contribution in [0.2, 0.25) is 0 Å². The van der Waals surface area contributed by atoms with Gasteiger partial charge in [-0.25, -0.2) is 4.68 Å². The van der Waals surface area contributed by atoms with Gasteiger partial charge in [-0.15, -0.1) is 5.10 Å². The van der Waals surface area contributed by atoms with E-state index in [2.05, 4.69) is 56.6 Å². The van der Waals surface area contributed by atoms with Gasteiger partial charge in [-0.05, 0) is 71.8 Å². The number of benzene rings is 2. The lowest BCUT2D eigenvalue weighted by molar-refractivity contribution is 0.312. The van der Waals surface area contributed by atoms with E-state index in [0.717, 1.165) is 41.7 Å². The van der Waals surface area contributed by atoms with Gasteiger partial charge in [0.2, 0.25) is 0 Å². The highest BCUT2D eigenvalue weighted by atomic mass is 16.5. The van der Waals surface area contributed by atoms with E-state index in [4.69, 9.17) is 4.74 Å². The summed E-state index contributed by atoms with van der Waals surface area (Å²) in [6, 6.07) is 16.2. The van der Waals surface area contributed by atoms with Crippen molar-refractivity contribution >= 4 is 16.6 Å². The molecule has 2 aliphatic rings. The number of hydrogen-bond acceptors (Lipinski definition) is 6. The number of para-hydroxylation sites is 1. The molecule has 1 saturated carbocycles. The summed E-state index contributed by atoms with van der Waals surface area (Å²) in [6.45, 7) is 2.21. The number of H-pyrrole nitrogens is 1. The summed E-state index contributed by atoms with van der Waals surface area (Å²) in [5.74, 6) is 1.44. The average molecular weight is 471 g/mol. The van der Waals surface area contributed by atoms with Crippen LogP contribution in [0.15, 0.2) is 53.3 Å². The Morgan fingerprint density at radius 2 is 1.91 bits per heavy atom. The minimum absolute atomic E-state index is 0.134. The number of rotatable bonds is 5. The van der Waals surface area contributed by atoms with Gasteiger partial charge in [-0.3, -0.25) is 4.79 Å². The van der Waals surface area contributed by atoms with Gasteiger partial charge in [0, 0.05) is 23.4 Å². The van der Waals surface area contributed by atoms with Crippen LogP contribution in [-0.2, 0) is 6.42 Å². The molecule has 2 aromatic heterocycles. The van der Waals surface area contributed by atoms with Crippen molar-refractivity contribution in [3.63, 3.8) is 0 Å². The van der Waals surface area contributed by atoms with Gasteiger partial charge in [0.05, 0.1) is 18.7 Å². The van der Waals surface area contributed by atoms with Gasteiger partial charge in [-0.1, -0.05) is 37.5 Å². The summed E-state index contributed by atoms with van der Waals surface area (Å²) in [6.07, 6.45) is 6.64. The van der Waals surface area contributed by atoms with Crippen molar-refractivity contribution < 1.29 is 4.74 Å². The van der Waals surface area contributed by atoms with Crippen molar-refractivity contribution in [1.29, 1.82) is 0 Å². The van der Waals surface area contributed by atoms with Crippen molar-refractivity contribution in [3.05, 3.63) is 75.8 Å².